The highest BCUT2D eigenvalue weighted by atomic mass is 32.1. The quantitative estimate of drug-likeness (QED) is 0.171. The molecule has 2 heterocycles. The zero-order chi connectivity index (χ0) is 33.7. The van der Waals surface area contributed by atoms with Gasteiger partial charge < -0.3 is 9.47 Å². The minimum atomic E-state index is 1.12. The van der Waals surface area contributed by atoms with Crippen LogP contribution in [0.2, 0.25) is 0 Å². The van der Waals surface area contributed by atoms with Crippen LogP contribution in [0.4, 0.5) is 17.1 Å². The number of benzene rings is 8. The molecule has 0 unspecified atom stereocenters. The van der Waals surface area contributed by atoms with Crippen molar-refractivity contribution in [2.45, 2.75) is 0 Å². The largest absolute Gasteiger partial charge is 0.311 e. The SMILES string of the molecule is c1ccc(-c2ccc(N(c3ccccc3)c3ccc(-c4ccc5c(c4)c4ccccc4n5-c4ccc5sc6ccccc6c5c4)cc3)cc2)cc1. The molecule has 0 saturated carbocycles. The van der Waals surface area contributed by atoms with Crippen LogP contribution in [0.25, 0.3) is 69.9 Å². The standard InChI is InChI=1S/C48H32N2S/c1-3-11-33(12-4-1)34-19-24-38(25-20-34)49(37-13-5-2-6-14-37)39-26-21-35(22-27-39)36-23-29-46-43(31-36)41-15-7-9-17-45(41)50(46)40-28-30-48-44(32-40)42-16-8-10-18-47(42)51-48/h1-32H. The Balaban J connectivity index is 1.04. The lowest BCUT2D eigenvalue weighted by atomic mass is 10.0. The van der Waals surface area contributed by atoms with E-state index in [0.29, 0.717) is 0 Å². The van der Waals surface area contributed by atoms with Crippen LogP contribution < -0.4 is 4.90 Å². The van der Waals surface area contributed by atoms with Gasteiger partial charge in [-0.15, -0.1) is 11.3 Å². The number of fused-ring (bicyclic) bond motifs is 6. The lowest BCUT2D eigenvalue weighted by molar-refractivity contribution is 1.19. The molecule has 0 N–H and O–H groups in total. The van der Waals surface area contributed by atoms with Crippen LogP contribution in [-0.4, -0.2) is 4.57 Å². The van der Waals surface area contributed by atoms with Gasteiger partial charge in [0.15, 0.2) is 0 Å². The second-order valence-electron chi connectivity index (χ2n) is 13.0. The molecule has 0 radical (unpaired) electrons. The Bertz CT molecular complexity index is 2830. The van der Waals surface area contributed by atoms with Crippen molar-refractivity contribution in [1.29, 1.82) is 0 Å². The molecule has 0 aliphatic heterocycles. The van der Waals surface area contributed by atoms with Gasteiger partial charge in [0.2, 0.25) is 0 Å². The Labute approximate surface area is 300 Å². The van der Waals surface area contributed by atoms with E-state index in [1.807, 2.05) is 11.3 Å². The Kier molecular flexibility index (Phi) is 7.04. The van der Waals surface area contributed by atoms with Gasteiger partial charge >= 0.3 is 0 Å². The molecule has 0 saturated heterocycles. The lowest BCUT2D eigenvalue weighted by Gasteiger charge is -2.26. The van der Waals surface area contributed by atoms with Crippen molar-refractivity contribution in [3.8, 4) is 27.9 Å². The highest BCUT2D eigenvalue weighted by Crippen LogP contribution is 2.40. The summed E-state index contributed by atoms with van der Waals surface area (Å²) in [5.74, 6) is 0. The first-order chi connectivity index (χ1) is 25.3. The van der Waals surface area contributed by atoms with Crippen LogP contribution in [0.5, 0.6) is 0 Å². The first-order valence-electron chi connectivity index (χ1n) is 17.3. The van der Waals surface area contributed by atoms with Crippen LogP contribution in [0.1, 0.15) is 0 Å². The molecule has 2 aromatic heterocycles. The number of anilines is 3. The van der Waals surface area contributed by atoms with E-state index in [1.54, 1.807) is 0 Å². The molecule has 51 heavy (non-hydrogen) atoms. The summed E-state index contributed by atoms with van der Waals surface area (Å²) >= 11 is 1.86. The van der Waals surface area contributed by atoms with E-state index in [4.69, 9.17) is 0 Å². The summed E-state index contributed by atoms with van der Waals surface area (Å²) in [4.78, 5) is 2.32. The van der Waals surface area contributed by atoms with Gasteiger partial charge in [-0.25, -0.2) is 0 Å². The van der Waals surface area contributed by atoms with Gasteiger partial charge in [-0.2, -0.15) is 0 Å². The van der Waals surface area contributed by atoms with Crippen molar-refractivity contribution < 1.29 is 0 Å². The van der Waals surface area contributed by atoms with E-state index in [9.17, 15) is 0 Å². The molecule has 0 amide bonds. The molecular formula is C48H32N2S. The van der Waals surface area contributed by atoms with E-state index in [-0.39, 0.29) is 0 Å². The average Bonchev–Trinajstić information content (AvgIpc) is 3.74. The van der Waals surface area contributed by atoms with E-state index < -0.39 is 0 Å². The second kappa shape index (κ2) is 12.2. The van der Waals surface area contributed by atoms with E-state index in [1.165, 1.54) is 69.9 Å². The van der Waals surface area contributed by atoms with Crippen molar-refractivity contribution in [3.05, 3.63) is 194 Å². The minimum absolute atomic E-state index is 1.12. The molecule has 8 aromatic carbocycles. The molecule has 2 nitrogen and oxygen atoms in total. The molecule has 240 valence electrons. The molecule has 0 bridgehead atoms. The predicted octanol–water partition coefficient (Wildman–Crippen LogP) is 14.0. The average molecular weight is 669 g/mol. The third-order valence-corrected chi connectivity index (χ3v) is 11.1. The Hall–Kier alpha value is -6.42. The zero-order valence-corrected chi connectivity index (χ0v) is 28.6. The molecule has 0 aliphatic rings. The van der Waals surface area contributed by atoms with Gasteiger partial charge in [-0.1, -0.05) is 115 Å². The Morgan fingerprint density at radius 2 is 0.863 bits per heavy atom. The molecule has 10 aromatic rings. The van der Waals surface area contributed by atoms with Crippen LogP contribution in [0.15, 0.2) is 194 Å². The van der Waals surface area contributed by atoms with Crippen molar-refractivity contribution in [1.82, 2.24) is 4.57 Å². The smallest absolute Gasteiger partial charge is 0.0541 e. The summed E-state index contributed by atoms with van der Waals surface area (Å²) in [7, 11) is 0. The molecule has 0 spiro atoms. The Morgan fingerprint density at radius 3 is 1.61 bits per heavy atom. The summed E-state index contributed by atoms with van der Waals surface area (Å²) < 4.78 is 5.07. The maximum Gasteiger partial charge on any atom is 0.0541 e. The number of nitrogens with zero attached hydrogens (tertiary/aromatic N) is 2. The number of thiophene rings is 1. The zero-order valence-electron chi connectivity index (χ0n) is 27.8. The Morgan fingerprint density at radius 1 is 0.333 bits per heavy atom. The maximum atomic E-state index is 2.42. The highest BCUT2D eigenvalue weighted by Gasteiger charge is 2.16. The molecule has 0 fully saturated rings. The van der Waals surface area contributed by atoms with Gasteiger partial charge in [-0.05, 0) is 101 Å². The third-order valence-electron chi connectivity index (χ3n) is 10.00. The number of rotatable bonds is 6. The van der Waals surface area contributed by atoms with Crippen LogP contribution in [0, 0.1) is 0 Å². The third kappa shape index (κ3) is 5.10. The molecule has 0 aliphatic carbocycles. The summed E-state index contributed by atoms with van der Waals surface area (Å²) in [5.41, 5.74) is 11.8. The highest BCUT2D eigenvalue weighted by molar-refractivity contribution is 7.25. The van der Waals surface area contributed by atoms with Crippen molar-refractivity contribution >= 4 is 70.4 Å². The van der Waals surface area contributed by atoms with Gasteiger partial charge in [0.1, 0.15) is 0 Å². The predicted molar refractivity (Wildman–Crippen MR) is 219 cm³/mol. The molecule has 10 rings (SSSR count). The normalized spacial score (nSPS) is 11.5. The summed E-state index contributed by atoms with van der Waals surface area (Å²) in [6.45, 7) is 0. The lowest BCUT2D eigenvalue weighted by Crippen LogP contribution is -2.09. The fraction of sp³-hybridized carbons (Fsp3) is 0. The van der Waals surface area contributed by atoms with Crippen molar-refractivity contribution in [2.75, 3.05) is 4.90 Å². The van der Waals surface area contributed by atoms with Gasteiger partial charge in [0.25, 0.3) is 0 Å². The van der Waals surface area contributed by atoms with Crippen molar-refractivity contribution in [3.63, 3.8) is 0 Å². The fourth-order valence-electron chi connectivity index (χ4n) is 7.54. The van der Waals surface area contributed by atoms with Gasteiger partial charge in [0.05, 0.1) is 11.0 Å². The number of hydrogen-bond donors (Lipinski definition) is 0. The topological polar surface area (TPSA) is 8.17 Å². The number of hydrogen-bond acceptors (Lipinski definition) is 2. The maximum absolute atomic E-state index is 2.42. The number of para-hydroxylation sites is 2. The first kappa shape index (κ1) is 29.5. The fourth-order valence-corrected chi connectivity index (χ4v) is 8.63. The van der Waals surface area contributed by atoms with E-state index >= 15 is 0 Å². The number of aromatic nitrogens is 1. The van der Waals surface area contributed by atoms with Crippen molar-refractivity contribution in [2.24, 2.45) is 0 Å². The molecular weight excluding hydrogens is 637 g/mol. The van der Waals surface area contributed by atoms with Crippen LogP contribution in [0.3, 0.4) is 0 Å². The monoisotopic (exact) mass is 668 g/mol. The van der Waals surface area contributed by atoms with Gasteiger partial charge in [-0.3, -0.25) is 0 Å². The second-order valence-corrected chi connectivity index (χ2v) is 14.1. The first-order valence-corrected chi connectivity index (χ1v) is 18.2. The van der Waals surface area contributed by atoms with Crippen LogP contribution >= 0.6 is 11.3 Å². The van der Waals surface area contributed by atoms with Crippen LogP contribution in [-0.2, 0) is 0 Å². The summed E-state index contributed by atoms with van der Waals surface area (Å²) in [6, 6.07) is 70.3. The minimum Gasteiger partial charge on any atom is -0.311 e. The van der Waals surface area contributed by atoms with E-state index in [2.05, 4.69) is 204 Å². The summed E-state index contributed by atoms with van der Waals surface area (Å²) in [6.07, 6.45) is 0. The molecule has 3 heteroatoms. The molecule has 0 atom stereocenters. The van der Waals surface area contributed by atoms with E-state index in [0.717, 1.165) is 17.1 Å². The van der Waals surface area contributed by atoms with Gasteiger partial charge in [0, 0.05) is 53.7 Å². The summed E-state index contributed by atoms with van der Waals surface area (Å²) in [5, 5.41) is 5.15.